The summed E-state index contributed by atoms with van der Waals surface area (Å²) in [4.78, 5) is 25.5. The summed E-state index contributed by atoms with van der Waals surface area (Å²) in [7, 11) is 0. The molecule has 0 saturated carbocycles. The smallest absolute Gasteiger partial charge is 0.227 e. The second-order valence-corrected chi connectivity index (χ2v) is 9.94. The van der Waals surface area contributed by atoms with Crippen molar-refractivity contribution in [3.05, 3.63) is 59.7 Å². The molecule has 8 heteroatoms. The summed E-state index contributed by atoms with van der Waals surface area (Å²) in [5, 5.41) is 16.1. The Morgan fingerprint density at radius 1 is 1.11 bits per heavy atom. The topological polar surface area (TPSA) is 106 Å². The van der Waals surface area contributed by atoms with E-state index in [2.05, 4.69) is 10.6 Å². The Labute approximate surface area is 211 Å². The monoisotopic (exact) mass is 494 g/mol. The fraction of sp³-hybridized carbons (Fsp3) is 0.500. The lowest BCUT2D eigenvalue weighted by molar-refractivity contribution is -0.142. The van der Waals surface area contributed by atoms with Crippen LogP contribution in [0.3, 0.4) is 0 Å². The standard InChI is InChI=1S/C28H34N2O6/c1-17(18-5-3-2-4-6-18)29-26(32)15-21-14-23-22-13-20(30-28(33)19-9-11-34-12-10-19)7-8-24(22)36-27(23)25(16-31)35-21/h2-8,13,17,19,21,23,25,27,31H,9-12,14-16H2,1H3,(H,29,32)(H,30,33)/t17-,21-,23+,25+,27-/m1/s1. The SMILES string of the molecule is C[C@@H](NC(=O)C[C@H]1C[C@H]2c3cc(NC(=O)C4CCOCC4)ccc3O[C@H]2[C@H](CO)O1)c1ccccc1. The van der Waals surface area contributed by atoms with Crippen molar-refractivity contribution in [1.29, 1.82) is 0 Å². The number of ether oxygens (including phenoxy) is 3. The van der Waals surface area contributed by atoms with E-state index in [-0.39, 0.29) is 54.9 Å². The average Bonchev–Trinajstić information content (AvgIpc) is 3.27. The molecule has 3 N–H and O–H groups in total. The summed E-state index contributed by atoms with van der Waals surface area (Å²) in [6, 6.07) is 15.4. The second kappa shape index (κ2) is 11.0. The lowest BCUT2D eigenvalue weighted by atomic mass is 9.84. The number of benzene rings is 2. The molecule has 0 aliphatic carbocycles. The van der Waals surface area contributed by atoms with Crippen molar-refractivity contribution in [2.75, 3.05) is 25.1 Å². The van der Waals surface area contributed by atoms with E-state index in [9.17, 15) is 14.7 Å². The summed E-state index contributed by atoms with van der Waals surface area (Å²) in [6.07, 6.45) is 1.06. The maximum Gasteiger partial charge on any atom is 0.227 e. The first-order valence-corrected chi connectivity index (χ1v) is 12.8. The number of aliphatic hydroxyl groups is 1. The van der Waals surface area contributed by atoms with Crippen LogP contribution >= 0.6 is 0 Å². The molecule has 2 aromatic carbocycles. The van der Waals surface area contributed by atoms with Crippen molar-refractivity contribution in [2.45, 2.75) is 62.9 Å². The van der Waals surface area contributed by atoms with Gasteiger partial charge in [-0.25, -0.2) is 0 Å². The van der Waals surface area contributed by atoms with Crippen molar-refractivity contribution in [3.63, 3.8) is 0 Å². The van der Waals surface area contributed by atoms with E-state index in [0.717, 1.165) is 35.4 Å². The molecule has 5 rings (SSSR count). The van der Waals surface area contributed by atoms with Crippen molar-refractivity contribution >= 4 is 17.5 Å². The third-order valence-electron chi connectivity index (χ3n) is 7.45. The molecule has 2 aromatic rings. The van der Waals surface area contributed by atoms with Gasteiger partial charge < -0.3 is 30.0 Å². The highest BCUT2D eigenvalue weighted by atomic mass is 16.6. The fourth-order valence-electron chi connectivity index (χ4n) is 5.50. The molecule has 2 saturated heterocycles. The first-order chi connectivity index (χ1) is 17.5. The molecular weight excluding hydrogens is 460 g/mol. The number of fused-ring (bicyclic) bond motifs is 3. The van der Waals surface area contributed by atoms with Crippen LogP contribution in [0, 0.1) is 5.92 Å². The molecule has 0 bridgehead atoms. The maximum absolute atomic E-state index is 12.8. The fourth-order valence-corrected chi connectivity index (χ4v) is 5.50. The molecule has 8 nitrogen and oxygen atoms in total. The van der Waals surface area contributed by atoms with Gasteiger partial charge in [-0.15, -0.1) is 0 Å². The zero-order valence-corrected chi connectivity index (χ0v) is 20.5. The third kappa shape index (κ3) is 5.40. The van der Waals surface area contributed by atoms with Gasteiger partial charge in [0.15, 0.2) is 0 Å². The first-order valence-electron chi connectivity index (χ1n) is 12.8. The molecule has 0 aromatic heterocycles. The zero-order valence-electron chi connectivity index (χ0n) is 20.5. The molecule has 0 spiro atoms. The van der Waals surface area contributed by atoms with Crippen molar-refractivity contribution in [1.82, 2.24) is 5.32 Å². The number of amides is 2. The molecule has 0 unspecified atom stereocenters. The molecule has 2 fully saturated rings. The quantitative estimate of drug-likeness (QED) is 0.545. The van der Waals surface area contributed by atoms with Gasteiger partial charge in [-0.2, -0.15) is 0 Å². The van der Waals surface area contributed by atoms with E-state index in [1.807, 2.05) is 55.5 Å². The summed E-state index contributed by atoms with van der Waals surface area (Å²) < 4.78 is 17.6. The molecule has 192 valence electrons. The highest BCUT2D eigenvalue weighted by Crippen LogP contribution is 2.47. The predicted octanol–water partition coefficient (Wildman–Crippen LogP) is 3.31. The highest BCUT2D eigenvalue weighted by molar-refractivity contribution is 5.92. The van der Waals surface area contributed by atoms with Crippen LogP contribution in [0.25, 0.3) is 0 Å². The van der Waals surface area contributed by atoms with E-state index < -0.39 is 6.10 Å². The van der Waals surface area contributed by atoms with Gasteiger partial charge in [0.25, 0.3) is 0 Å². The minimum Gasteiger partial charge on any atom is -0.487 e. The number of rotatable bonds is 7. The zero-order chi connectivity index (χ0) is 25.1. The highest BCUT2D eigenvalue weighted by Gasteiger charge is 2.46. The van der Waals surface area contributed by atoms with Gasteiger partial charge in [0.05, 0.1) is 25.2 Å². The lowest BCUT2D eigenvalue weighted by Crippen LogP contribution is -2.47. The lowest BCUT2D eigenvalue weighted by Gasteiger charge is -2.37. The minimum atomic E-state index is -0.527. The van der Waals surface area contributed by atoms with E-state index in [4.69, 9.17) is 14.2 Å². The number of aliphatic hydroxyl groups excluding tert-OH is 1. The number of carbonyl (C=O) groups is 2. The van der Waals surface area contributed by atoms with E-state index in [1.165, 1.54) is 0 Å². The third-order valence-corrected chi connectivity index (χ3v) is 7.45. The summed E-state index contributed by atoms with van der Waals surface area (Å²) >= 11 is 0. The molecule has 36 heavy (non-hydrogen) atoms. The van der Waals surface area contributed by atoms with Gasteiger partial charge in [0, 0.05) is 36.3 Å². The van der Waals surface area contributed by atoms with Crippen LogP contribution in [-0.4, -0.2) is 55.1 Å². The van der Waals surface area contributed by atoms with Gasteiger partial charge in [0.2, 0.25) is 11.8 Å². The largest absolute Gasteiger partial charge is 0.487 e. The Bertz CT molecular complexity index is 1070. The first kappa shape index (κ1) is 24.7. The van der Waals surface area contributed by atoms with Gasteiger partial charge >= 0.3 is 0 Å². The molecule has 0 radical (unpaired) electrons. The normalized spacial score (nSPS) is 26.3. The van der Waals surface area contributed by atoms with Crippen molar-refractivity contribution in [2.24, 2.45) is 5.92 Å². The van der Waals surface area contributed by atoms with Crippen LogP contribution in [0.5, 0.6) is 5.75 Å². The van der Waals surface area contributed by atoms with Gasteiger partial charge in [-0.3, -0.25) is 9.59 Å². The Morgan fingerprint density at radius 3 is 2.64 bits per heavy atom. The molecule has 3 heterocycles. The Kier molecular flexibility index (Phi) is 7.55. The number of nitrogens with one attached hydrogen (secondary N) is 2. The van der Waals surface area contributed by atoms with Crippen LogP contribution < -0.4 is 15.4 Å². The van der Waals surface area contributed by atoms with E-state index in [1.54, 1.807) is 0 Å². The van der Waals surface area contributed by atoms with Crippen LogP contribution in [0.2, 0.25) is 0 Å². The van der Waals surface area contributed by atoms with Crippen molar-refractivity contribution < 1.29 is 28.9 Å². The van der Waals surface area contributed by atoms with Gasteiger partial charge in [-0.05, 0) is 49.9 Å². The number of anilines is 1. The van der Waals surface area contributed by atoms with Gasteiger partial charge in [0.1, 0.15) is 18.0 Å². The van der Waals surface area contributed by atoms with Crippen LogP contribution in [0.1, 0.15) is 55.7 Å². The van der Waals surface area contributed by atoms with E-state index in [0.29, 0.717) is 19.6 Å². The summed E-state index contributed by atoms with van der Waals surface area (Å²) in [6.45, 7) is 2.99. The molecular formula is C28H34N2O6. The Balaban J connectivity index is 1.25. The molecule has 5 atom stereocenters. The predicted molar refractivity (Wildman–Crippen MR) is 134 cm³/mol. The average molecular weight is 495 g/mol. The minimum absolute atomic E-state index is 0.0102. The molecule has 3 aliphatic heterocycles. The second-order valence-electron chi connectivity index (χ2n) is 9.94. The Hall–Kier alpha value is -2.94. The van der Waals surface area contributed by atoms with Crippen LogP contribution in [0.4, 0.5) is 5.69 Å². The van der Waals surface area contributed by atoms with Crippen LogP contribution in [0.15, 0.2) is 48.5 Å². The Morgan fingerprint density at radius 2 is 1.89 bits per heavy atom. The number of carbonyl (C=O) groups excluding carboxylic acids is 2. The molecule has 3 aliphatic rings. The molecule has 2 amide bonds. The number of hydrogen-bond donors (Lipinski definition) is 3. The number of hydrogen-bond acceptors (Lipinski definition) is 6. The van der Waals surface area contributed by atoms with Crippen LogP contribution in [-0.2, 0) is 19.1 Å². The maximum atomic E-state index is 12.8. The summed E-state index contributed by atoms with van der Waals surface area (Å²) in [5.41, 5.74) is 2.75. The van der Waals surface area contributed by atoms with Gasteiger partial charge in [-0.1, -0.05) is 30.3 Å². The van der Waals surface area contributed by atoms with Crippen molar-refractivity contribution in [3.8, 4) is 5.75 Å². The summed E-state index contributed by atoms with van der Waals surface area (Å²) in [5.74, 6) is 0.576. The van der Waals surface area contributed by atoms with E-state index >= 15 is 0 Å².